The second kappa shape index (κ2) is 7.56. The molecular weight excluding hydrogens is 414 g/mol. The molecule has 0 saturated heterocycles. The van der Waals surface area contributed by atoms with Gasteiger partial charge in [0.25, 0.3) is 0 Å². The van der Waals surface area contributed by atoms with Crippen LogP contribution in [0.3, 0.4) is 0 Å². The minimum atomic E-state index is -0.229. The van der Waals surface area contributed by atoms with Crippen molar-refractivity contribution in [3.63, 3.8) is 0 Å². The van der Waals surface area contributed by atoms with Gasteiger partial charge in [-0.2, -0.15) is 0 Å². The lowest BCUT2D eigenvalue weighted by atomic mass is 9.87. The molecule has 0 aromatic heterocycles. The third-order valence-electron chi connectivity index (χ3n) is 5.64. The van der Waals surface area contributed by atoms with Crippen molar-refractivity contribution in [2.75, 3.05) is 25.7 Å². The van der Waals surface area contributed by atoms with Crippen molar-refractivity contribution in [1.29, 1.82) is 0 Å². The minimum Gasteiger partial charge on any atom is -0.454 e. The molecule has 3 aromatic carbocycles. The van der Waals surface area contributed by atoms with E-state index in [1.54, 1.807) is 18.2 Å². The number of anilines is 1. The Hall–Kier alpha value is -4.07. The highest BCUT2D eigenvalue weighted by Gasteiger charge is 2.25. The number of nitrogens with one attached hydrogen (secondary N) is 1. The first kappa shape index (κ1) is 18.7. The van der Waals surface area contributed by atoms with Crippen LogP contribution < -0.4 is 33.7 Å². The Kier molecular flexibility index (Phi) is 4.41. The Labute approximate surface area is 183 Å². The molecule has 0 fully saturated rings. The molecule has 0 bridgehead atoms. The van der Waals surface area contributed by atoms with Crippen LogP contribution in [-0.2, 0) is 4.79 Å². The fourth-order valence-electron chi connectivity index (χ4n) is 4.06. The number of carbonyl (C=O) groups excluding carboxylic acids is 1. The topological polar surface area (TPSA) is 84.5 Å². The van der Waals surface area contributed by atoms with Gasteiger partial charge in [0.05, 0.1) is 0 Å². The summed E-state index contributed by atoms with van der Waals surface area (Å²) in [6.07, 6.45) is 0.216. The Morgan fingerprint density at radius 3 is 1.69 bits per heavy atom. The van der Waals surface area contributed by atoms with E-state index < -0.39 is 0 Å². The maximum atomic E-state index is 13.0. The van der Waals surface area contributed by atoms with Gasteiger partial charge in [-0.3, -0.25) is 4.79 Å². The number of fused-ring (bicyclic) bond motifs is 3. The van der Waals surface area contributed by atoms with Gasteiger partial charge in [0.1, 0.15) is 0 Å². The second-order valence-electron chi connectivity index (χ2n) is 7.60. The summed E-state index contributed by atoms with van der Waals surface area (Å²) in [5.41, 5.74) is 2.53. The molecule has 32 heavy (non-hydrogen) atoms. The van der Waals surface area contributed by atoms with Gasteiger partial charge >= 0.3 is 0 Å². The minimum absolute atomic E-state index is 0.135. The Morgan fingerprint density at radius 1 is 0.656 bits per heavy atom. The zero-order chi connectivity index (χ0) is 21.5. The maximum Gasteiger partial charge on any atom is 0.231 e. The fourth-order valence-corrected chi connectivity index (χ4v) is 4.06. The van der Waals surface area contributed by atoms with Gasteiger partial charge in [-0.15, -0.1) is 0 Å². The van der Waals surface area contributed by atoms with Gasteiger partial charge < -0.3 is 33.7 Å². The summed E-state index contributed by atoms with van der Waals surface area (Å²) in [7, 11) is 0. The summed E-state index contributed by atoms with van der Waals surface area (Å²) in [5.74, 6) is 3.66. The van der Waals surface area contributed by atoms with E-state index in [2.05, 4.69) is 5.32 Å². The zero-order valence-corrected chi connectivity index (χ0v) is 17.0. The summed E-state index contributed by atoms with van der Waals surface area (Å²) in [6, 6.07) is 16.8. The predicted molar refractivity (Wildman–Crippen MR) is 113 cm³/mol. The predicted octanol–water partition coefficient (Wildman–Crippen LogP) is 4.03. The number of hydrogen-bond donors (Lipinski definition) is 1. The third kappa shape index (κ3) is 3.39. The van der Waals surface area contributed by atoms with E-state index in [9.17, 15) is 4.79 Å². The monoisotopic (exact) mass is 433 g/mol. The van der Waals surface area contributed by atoms with Crippen molar-refractivity contribution in [2.45, 2.75) is 12.3 Å². The van der Waals surface area contributed by atoms with Crippen LogP contribution in [0.25, 0.3) is 0 Å². The van der Waals surface area contributed by atoms with E-state index in [4.69, 9.17) is 28.4 Å². The number of ether oxygens (including phenoxy) is 6. The van der Waals surface area contributed by atoms with Gasteiger partial charge in [0, 0.05) is 24.1 Å². The summed E-state index contributed by atoms with van der Waals surface area (Å²) in [5, 5.41) is 2.96. The van der Waals surface area contributed by atoms with E-state index in [1.165, 1.54) is 0 Å². The second-order valence-corrected chi connectivity index (χ2v) is 7.60. The maximum absolute atomic E-state index is 13.0. The van der Waals surface area contributed by atoms with Crippen molar-refractivity contribution >= 4 is 11.6 Å². The zero-order valence-electron chi connectivity index (χ0n) is 17.0. The molecule has 8 heteroatoms. The lowest BCUT2D eigenvalue weighted by Gasteiger charge is -2.19. The summed E-state index contributed by atoms with van der Waals surface area (Å²) in [4.78, 5) is 13.0. The molecule has 0 unspecified atom stereocenters. The standard InChI is InChI=1S/C24H19NO7/c26-24(25-16-3-6-20-23(9-16)32-13-29-20)10-17(14-1-4-18-21(7-14)30-11-27-18)15-2-5-19-22(8-15)31-12-28-19/h1-9,17H,10-13H2,(H,25,26). The summed E-state index contributed by atoms with van der Waals surface area (Å²) in [6.45, 7) is 0.569. The third-order valence-corrected chi connectivity index (χ3v) is 5.64. The van der Waals surface area contributed by atoms with Crippen molar-refractivity contribution in [1.82, 2.24) is 0 Å². The van der Waals surface area contributed by atoms with Gasteiger partial charge in [-0.05, 0) is 47.5 Å². The molecule has 3 heterocycles. The molecule has 0 atom stereocenters. The summed E-state index contributed by atoms with van der Waals surface area (Å²) < 4.78 is 32.7. The summed E-state index contributed by atoms with van der Waals surface area (Å²) >= 11 is 0. The average Bonchev–Trinajstić information content (AvgIpc) is 3.56. The molecule has 0 aliphatic carbocycles. The molecule has 0 saturated carbocycles. The van der Waals surface area contributed by atoms with E-state index in [0.717, 1.165) is 11.1 Å². The highest BCUT2D eigenvalue weighted by Crippen LogP contribution is 2.41. The first-order valence-electron chi connectivity index (χ1n) is 10.2. The molecule has 3 aliphatic heterocycles. The van der Waals surface area contributed by atoms with Crippen LogP contribution in [0.4, 0.5) is 5.69 Å². The van der Waals surface area contributed by atoms with Crippen LogP contribution in [0, 0.1) is 0 Å². The van der Waals surface area contributed by atoms with Crippen LogP contribution >= 0.6 is 0 Å². The fraction of sp³-hybridized carbons (Fsp3) is 0.208. The lowest BCUT2D eigenvalue weighted by molar-refractivity contribution is -0.116. The molecule has 162 valence electrons. The number of amides is 1. The van der Waals surface area contributed by atoms with Crippen molar-refractivity contribution in [2.24, 2.45) is 0 Å². The molecule has 1 amide bonds. The quantitative estimate of drug-likeness (QED) is 0.650. The highest BCUT2D eigenvalue weighted by atomic mass is 16.7. The van der Waals surface area contributed by atoms with Crippen molar-refractivity contribution in [3.05, 3.63) is 65.7 Å². The van der Waals surface area contributed by atoms with E-state index in [0.29, 0.717) is 40.2 Å². The number of carbonyl (C=O) groups is 1. The first-order chi connectivity index (χ1) is 15.7. The van der Waals surface area contributed by atoms with Gasteiger partial charge in [-0.25, -0.2) is 0 Å². The molecule has 1 N–H and O–H groups in total. The highest BCUT2D eigenvalue weighted by molar-refractivity contribution is 5.92. The van der Waals surface area contributed by atoms with E-state index >= 15 is 0 Å². The molecule has 8 nitrogen and oxygen atoms in total. The lowest BCUT2D eigenvalue weighted by Crippen LogP contribution is -2.16. The van der Waals surface area contributed by atoms with Gasteiger partial charge in [-0.1, -0.05) is 12.1 Å². The van der Waals surface area contributed by atoms with Crippen LogP contribution in [0.15, 0.2) is 54.6 Å². The molecule has 6 rings (SSSR count). The van der Waals surface area contributed by atoms with Gasteiger partial charge in [0.15, 0.2) is 34.5 Å². The molecule has 0 radical (unpaired) electrons. The van der Waals surface area contributed by atoms with Crippen LogP contribution in [0.5, 0.6) is 34.5 Å². The Bertz CT molecular complexity index is 1150. The number of benzene rings is 3. The number of rotatable bonds is 5. The SMILES string of the molecule is O=C(CC(c1ccc2c(c1)OCO2)c1ccc2c(c1)OCO2)Nc1ccc2c(c1)OCO2. The van der Waals surface area contributed by atoms with Gasteiger partial charge in [0.2, 0.25) is 26.3 Å². The smallest absolute Gasteiger partial charge is 0.231 e. The molecule has 3 aromatic rings. The van der Waals surface area contributed by atoms with Crippen molar-refractivity contribution < 1.29 is 33.2 Å². The molecule has 3 aliphatic rings. The van der Waals surface area contributed by atoms with E-state index in [-0.39, 0.29) is 38.6 Å². The first-order valence-corrected chi connectivity index (χ1v) is 10.2. The normalized spacial score (nSPS) is 14.7. The van der Waals surface area contributed by atoms with Crippen LogP contribution in [0.2, 0.25) is 0 Å². The van der Waals surface area contributed by atoms with Crippen LogP contribution in [-0.4, -0.2) is 26.3 Å². The molecular formula is C24H19NO7. The Balaban J connectivity index is 1.29. The van der Waals surface area contributed by atoms with E-state index in [1.807, 2.05) is 36.4 Å². The average molecular weight is 433 g/mol. The van der Waals surface area contributed by atoms with Crippen LogP contribution in [0.1, 0.15) is 23.5 Å². The van der Waals surface area contributed by atoms with Crippen molar-refractivity contribution in [3.8, 4) is 34.5 Å². The Morgan fingerprint density at radius 2 is 1.12 bits per heavy atom. The number of hydrogen-bond acceptors (Lipinski definition) is 7. The molecule has 0 spiro atoms. The largest absolute Gasteiger partial charge is 0.454 e.